The van der Waals surface area contributed by atoms with E-state index in [-0.39, 0.29) is 5.30 Å². The summed E-state index contributed by atoms with van der Waals surface area (Å²) in [6, 6.07) is 9.74. The summed E-state index contributed by atoms with van der Waals surface area (Å²) in [5.74, 6) is 1.15. The fraction of sp³-hybridized carbons (Fsp3) is 0.111. The van der Waals surface area contributed by atoms with E-state index in [1.54, 1.807) is 44.9 Å². The first kappa shape index (κ1) is 17.5. The van der Waals surface area contributed by atoms with Gasteiger partial charge in [-0.1, -0.05) is 0 Å². The van der Waals surface area contributed by atoms with E-state index in [1.807, 2.05) is 10.6 Å². The Labute approximate surface area is 154 Å². The van der Waals surface area contributed by atoms with E-state index in [0.717, 1.165) is 16.6 Å². The summed E-state index contributed by atoms with van der Waals surface area (Å²) in [7, 11) is -1.16. The maximum Gasteiger partial charge on any atom is 0.356 e. The number of pyridine rings is 1. The summed E-state index contributed by atoms with van der Waals surface area (Å²) in [5, 5.41) is 0.787. The molecule has 4 rings (SSSR count). The maximum absolute atomic E-state index is 11.4. The number of benzene rings is 2. The van der Waals surface area contributed by atoms with Crippen molar-refractivity contribution in [3.8, 4) is 17.2 Å². The molecule has 0 spiro atoms. The minimum Gasteiger partial charge on any atom is -0.493 e. The Kier molecular flexibility index (Phi) is 4.11. The van der Waals surface area contributed by atoms with Crippen LogP contribution in [0.3, 0.4) is 0 Å². The molecule has 0 aliphatic rings. The summed E-state index contributed by atoms with van der Waals surface area (Å²) in [6.45, 7) is 0. The van der Waals surface area contributed by atoms with Gasteiger partial charge in [-0.3, -0.25) is 14.1 Å². The molecule has 2 N–H and O–H groups in total. The number of hydrogen-bond acceptors (Lipinski definition) is 5. The minimum atomic E-state index is -4.29. The third-order valence-corrected chi connectivity index (χ3v) is 5.31. The van der Waals surface area contributed by atoms with Crippen LogP contribution in [0.1, 0.15) is 0 Å². The molecule has 0 saturated carbocycles. The van der Waals surface area contributed by atoms with Crippen molar-refractivity contribution in [2.75, 3.05) is 14.2 Å². The van der Waals surface area contributed by atoms with Gasteiger partial charge < -0.3 is 19.3 Å². The Morgan fingerprint density at radius 2 is 1.63 bits per heavy atom. The van der Waals surface area contributed by atoms with E-state index < -0.39 is 7.60 Å². The van der Waals surface area contributed by atoms with Crippen LogP contribution in [0.5, 0.6) is 11.5 Å². The zero-order valence-corrected chi connectivity index (χ0v) is 15.4. The fourth-order valence-electron chi connectivity index (χ4n) is 3.02. The van der Waals surface area contributed by atoms with Gasteiger partial charge >= 0.3 is 7.60 Å². The Morgan fingerprint density at radius 3 is 2.26 bits per heavy atom. The number of methoxy groups -OCH3 is 2. The molecule has 2 heterocycles. The van der Waals surface area contributed by atoms with Crippen molar-refractivity contribution in [1.29, 1.82) is 0 Å². The number of ether oxygens (including phenoxy) is 2. The highest BCUT2D eigenvalue weighted by atomic mass is 31.2. The summed E-state index contributed by atoms with van der Waals surface area (Å²) >= 11 is 0. The Hall–Kier alpha value is -2.93. The predicted octanol–water partition coefficient (Wildman–Crippen LogP) is 2.39. The van der Waals surface area contributed by atoms with Gasteiger partial charge in [-0.25, -0.2) is 4.98 Å². The van der Waals surface area contributed by atoms with Gasteiger partial charge in [0.1, 0.15) is 11.8 Å². The number of aromatic nitrogens is 3. The van der Waals surface area contributed by atoms with Crippen molar-refractivity contribution in [3.05, 3.63) is 48.9 Å². The van der Waals surface area contributed by atoms with E-state index in [0.29, 0.717) is 22.5 Å². The van der Waals surface area contributed by atoms with Crippen molar-refractivity contribution in [3.63, 3.8) is 0 Å². The third-order valence-electron chi connectivity index (χ3n) is 4.34. The molecule has 27 heavy (non-hydrogen) atoms. The average molecular weight is 385 g/mol. The van der Waals surface area contributed by atoms with E-state index in [1.165, 1.54) is 12.1 Å². The first-order valence-corrected chi connectivity index (χ1v) is 9.58. The first-order valence-electron chi connectivity index (χ1n) is 7.96. The van der Waals surface area contributed by atoms with Gasteiger partial charge in [0, 0.05) is 17.1 Å². The van der Waals surface area contributed by atoms with Gasteiger partial charge in [-0.05, 0) is 30.3 Å². The molecule has 0 aliphatic heterocycles. The highest BCUT2D eigenvalue weighted by Gasteiger charge is 2.18. The maximum atomic E-state index is 11.4. The molecule has 2 aromatic heterocycles. The summed E-state index contributed by atoms with van der Waals surface area (Å²) in [4.78, 5) is 27.4. The van der Waals surface area contributed by atoms with Crippen LogP contribution in [-0.4, -0.2) is 38.5 Å². The van der Waals surface area contributed by atoms with Crippen LogP contribution in [0, 0.1) is 0 Å². The monoisotopic (exact) mass is 385 g/mol. The van der Waals surface area contributed by atoms with Crippen molar-refractivity contribution in [1.82, 2.24) is 14.5 Å². The van der Waals surface area contributed by atoms with Gasteiger partial charge in [-0.2, -0.15) is 0 Å². The lowest BCUT2D eigenvalue weighted by Gasteiger charge is -2.11. The van der Waals surface area contributed by atoms with Crippen LogP contribution in [0.25, 0.3) is 27.6 Å². The van der Waals surface area contributed by atoms with Gasteiger partial charge in [0.15, 0.2) is 11.5 Å². The summed E-state index contributed by atoms with van der Waals surface area (Å²) in [5.41, 5.74) is 2.93. The Balaban J connectivity index is 1.96. The highest BCUT2D eigenvalue weighted by molar-refractivity contribution is 7.60. The molecule has 4 aromatic rings. The molecule has 0 unspecified atom stereocenters. The van der Waals surface area contributed by atoms with E-state index >= 15 is 0 Å². The zero-order valence-electron chi connectivity index (χ0n) is 14.5. The molecule has 0 aliphatic carbocycles. The second-order valence-corrected chi connectivity index (χ2v) is 7.50. The quantitative estimate of drug-likeness (QED) is 0.520. The lowest BCUT2D eigenvalue weighted by Crippen LogP contribution is -2.04. The molecule has 9 heteroatoms. The van der Waals surface area contributed by atoms with Crippen molar-refractivity contribution in [2.45, 2.75) is 0 Å². The molecule has 8 nitrogen and oxygen atoms in total. The molecule has 0 fully saturated rings. The molecule has 138 valence electrons. The van der Waals surface area contributed by atoms with Crippen molar-refractivity contribution in [2.24, 2.45) is 0 Å². The molecule has 0 atom stereocenters. The van der Waals surface area contributed by atoms with E-state index in [4.69, 9.17) is 9.47 Å². The second-order valence-electron chi connectivity index (χ2n) is 5.89. The van der Waals surface area contributed by atoms with Gasteiger partial charge in [0.25, 0.3) is 0 Å². The number of fused-ring (bicyclic) bond motifs is 3. The number of hydrogen-bond donors (Lipinski definition) is 2. The normalized spacial score (nSPS) is 11.9. The summed E-state index contributed by atoms with van der Waals surface area (Å²) in [6.07, 6.45) is 3.32. The molecule has 2 aromatic carbocycles. The van der Waals surface area contributed by atoms with E-state index in [9.17, 15) is 14.4 Å². The SMILES string of the molecule is COc1cc2ncc3ncn(-c4ccc(P(=O)(O)O)cc4)c3c2cc1OC. The van der Waals surface area contributed by atoms with Crippen LogP contribution in [0.2, 0.25) is 0 Å². The number of rotatable bonds is 4. The highest BCUT2D eigenvalue weighted by Crippen LogP contribution is 2.36. The van der Waals surface area contributed by atoms with Crippen LogP contribution >= 0.6 is 7.60 Å². The standard InChI is InChI=1S/C18H16N3O5P/c1-25-16-7-13-14(8-17(16)26-2)19-9-15-18(13)21(10-20-15)11-3-5-12(6-4-11)27(22,23)24/h3-10H,1-2H3,(H2,22,23,24). The predicted molar refractivity (Wildman–Crippen MR) is 101 cm³/mol. The fourth-order valence-corrected chi connectivity index (χ4v) is 3.56. The molecule has 0 radical (unpaired) electrons. The minimum absolute atomic E-state index is 0.0337. The average Bonchev–Trinajstić information content (AvgIpc) is 3.10. The van der Waals surface area contributed by atoms with Gasteiger partial charge in [0.2, 0.25) is 0 Å². The van der Waals surface area contributed by atoms with Gasteiger partial charge in [0.05, 0.1) is 36.8 Å². The Bertz CT molecular complexity index is 1200. The lowest BCUT2D eigenvalue weighted by atomic mass is 10.1. The van der Waals surface area contributed by atoms with Crippen molar-refractivity contribution < 1.29 is 23.8 Å². The lowest BCUT2D eigenvalue weighted by molar-refractivity contribution is 0.356. The topological polar surface area (TPSA) is 107 Å². The first-order chi connectivity index (χ1) is 12.9. The second kappa shape index (κ2) is 6.35. The van der Waals surface area contributed by atoms with Crippen LogP contribution in [0.15, 0.2) is 48.9 Å². The van der Waals surface area contributed by atoms with Crippen molar-refractivity contribution >= 4 is 34.8 Å². The molecule has 0 bridgehead atoms. The number of imidazole rings is 1. The van der Waals surface area contributed by atoms with Gasteiger partial charge in [-0.15, -0.1) is 0 Å². The Morgan fingerprint density at radius 1 is 0.963 bits per heavy atom. The summed E-state index contributed by atoms with van der Waals surface area (Å²) < 4.78 is 24.0. The molecule has 0 saturated heterocycles. The molecular weight excluding hydrogens is 369 g/mol. The van der Waals surface area contributed by atoms with Crippen LogP contribution < -0.4 is 14.8 Å². The van der Waals surface area contributed by atoms with Crippen LogP contribution in [-0.2, 0) is 4.57 Å². The smallest absolute Gasteiger partial charge is 0.356 e. The zero-order chi connectivity index (χ0) is 19.2. The van der Waals surface area contributed by atoms with E-state index in [2.05, 4.69) is 9.97 Å². The number of nitrogens with zero attached hydrogens (tertiary/aromatic N) is 3. The molecule has 0 amide bonds. The third kappa shape index (κ3) is 2.94. The largest absolute Gasteiger partial charge is 0.493 e. The van der Waals surface area contributed by atoms with Crippen LogP contribution in [0.4, 0.5) is 0 Å². The molecular formula is C18H16N3O5P.